The number of aromatic nitrogens is 1. The Kier molecular flexibility index (Phi) is 6.22. The van der Waals surface area contributed by atoms with Crippen molar-refractivity contribution in [2.24, 2.45) is 0 Å². The van der Waals surface area contributed by atoms with E-state index >= 15 is 0 Å². The van der Waals surface area contributed by atoms with Crippen molar-refractivity contribution in [3.63, 3.8) is 0 Å². The Hall–Kier alpha value is -3.28. The lowest BCUT2D eigenvalue weighted by Gasteiger charge is -2.22. The van der Waals surface area contributed by atoms with Crippen molar-refractivity contribution in [2.45, 2.75) is 26.8 Å². The topological polar surface area (TPSA) is 62.3 Å². The molecule has 1 aromatic heterocycles. The predicted molar refractivity (Wildman–Crippen MR) is 112 cm³/mol. The van der Waals surface area contributed by atoms with Crippen LogP contribution in [-0.4, -0.2) is 40.8 Å². The molecule has 1 N–H and O–H groups in total. The Balaban J connectivity index is 2.03. The zero-order valence-corrected chi connectivity index (χ0v) is 16.8. The summed E-state index contributed by atoms with van der Waals surface area (Å²) in [6.45, 7) is 5.97. The minimum Gasteiger partial charge on any atom is -0.352 e. The van der Waals surface area contributed by atoms with Crippen LogP contribution in [0.1, 0.15) is 31.1 Å². The van der Waals surface area contributed by atoms with Gasteiger partial charge in [-0.05, 0) is 57.2 Å². The molecule has 3 aromatic rings. The van der Waals surface area contributed by atoms with Gasteiger partial charge >= 0.3 is 0 Å². The molecule has 3 rings (SSSR count). The van der Waals surface area contributed by atoms with E-state index < -0.39 is 0 Å². The molecule has 0 bridgehead atoms. The van der Waals surface area contributed by atoms with Gasteiger partial charge in [0.25, 0.3) is 5.91 Å². The van der Waals surface area contributed by atoms with Gasteiger partial charge in [-0.1, -0.05) is 18.2 Å². The minimum absolute atomic E-state index is 0.00291. The predicted octanol–water partition coefficient (Wildman–Crippen LogP) is 4.03. The van der Waals surface area contributed by atoms with Gasteiger partial charge < -0.3 is 10.2 Å². The number of nitrogens with one attached hydrogen (secondary N) is 1. The molecule has 150 valence electrons. The summed E-state index contributed by atoms with van der Waals surface area (Å²) in [5.74, 6) is -0.778. The van der Waals surface area contributed by atoms with Crippen molar-refractivity contribution in [1.29, 1.82) is 0 Å². The number of carbonyl (C=O) groups is 2. The SMILES string of the molecule is CCN(CC(=O)NC(C)C)C(=O)c1cc(-c2ccc(F)cc2)nc2ccccc12. The van der Waals surface area contributed by atoms with Crippen molar-refractivity contribution in [3.05, 3.63) is 66.0 Å². The first kappa shape index (κ1) is 20.5. The van der Waals surface area contributed by atoms with Crippen LogP contribution in [0, 0.1) is 5.82 Å². The van der Waals surface area contributed by atoms with Crippen LogP contribution in [0.15, 0.2) is 54.6 Å². The van der Waals surface area contributed by atoms with Crippen molar-refractivity contribution in [2.75, 3.05) is 13.1 Å². The van der Waals surface area contributed by atoms with Gasteiger partial charge in [0.15, 0.2) is 0 Å². The number of likely N-dealkylation sites (N-methyl/N-ethyl adjacent to an activating group) is 1. The molecule has 0 unspecified atom stereocenters. The molecule has 0 spiro atoms. The molecule has 6 heteroatoms. The molecular weight excluding hydrogens is 369 g/mol. The zero-order valence-electron chi connectivity index (χ0n) is 16.8. The molecule has 2 aromatic carbocycles. The quantitative estimate of drug-likeness (QED) is 0.688. The van der Waals surface area contributed by atoms with E-state index in [1.54, 1.807) is 18.2 Å². The monoisotopic (exact) mass is 393 g/mol. The number of amides is 2. The molecule has 29 heavy (non-hydrogen) atoms. The lowest BCUT2D eigenvalue weighted by atomic mass is 10.0. The second kappa shape index (κ2) is 8.82. The average Bonchev–Trinajstić information content (AvgIpc) is 2.70. The minimum atomic E-state index is -0.334. The van der Waals surface area contributed by atoms with Crippen LogP contribution in [0.5, 0.6) is 0 Å². The van der Waals surface area contributed by atoms with Crippen molar-refractivity contribution in [1.82, 2.24) is 15.2 Å². The molecule has 0 fully saturated rings. The van der Waals surface area contributed by atoms with Crippen LogP contribution in [0.2, 0.25) is 0 Å². The lowest BCUT2D eigenvalue weighted by molar-refractivity contribution is -0.122. The molecule has 0 aliphatic carbocycles. The summed E-state index contributed by atoms with van der Waals surface area (Å²) in [6, 6.07) is 15.1. The highest BCUT2D eigenvalue weighted by atomic mass is 19.1. The Morgan fingerprint density at radius 3 is 2.45 bits per heavy atom. The van der Waals surface area contributed by atoms with E-state index in [1.807, 2.05) is 45.0 Å². The average molecular weight is 393 g/mol. The van der Waals surface area contributed by atoms with Gasteiger partial charge in [-0.25, -0.2) is 9.37 Å². The first-order valence-electron chi connectivity index (χ1n) is 9.63. The van der Waals surface area contributed by atoms with Crippen molar-refractivity contribution >= 4 is 22.7 Å². The Morgan fingerprint density at radius 1 is 1.10 bits per heavy atom. The molecule has 0 saturated carbocycles. The van der Waals surface area contributed by atoms with E-state index in [4.69, 9.17) is 0 Å². The molecule has 1 heterocycles. The summed E-state index contributed by atoms with van der Waals surface area (Å²) < 4.78 is 13.3. The number of benzene rings is 2. The molecule has 0 atom stereocenters. The third kappa shape index (κ3) is 4.77. The number of hydrogen-bond acceptors (Lipinski definition) is 3. The fraction of sp³-hybridized carbons (Fsp3) is 0.261. The van der Waals surface area contributed by atoms with E-state index in [0.717, 1.165) is 0 Å². The number of nitrogens with zero attached hydrogens (tertiary/aromatic N) is 2. The number of carbonyl (C=O) groups excluding carboxylic acids is 2. The summed E-state index contributed by atoms with van der Waals surface area (Å²) in [7, 11) is 0. The molecule has 0 aliphatic rings. The van der Waals surface area contributed by atoms with Crippen LogP contribution in [-0.2, 0) is 4.79 Å². The zero-order chi connectivity index (χ0) is 21.0. The second-order valence-corrected chi connectivity index (χ2v) is 7.12. The van der Waals surface area contributed by atoms with E-state index in [0.29, 0.717) is 34.3 Å². The molecular formula is C23H24FN3O2. The van der Waals surface area contributed by atoms with Gasteiger partial charge in [-0.3, -0.25) is 9.59 Å². The Labute approximate surface area is 169 Å². The highest BCUT2D eigenvalue weighted by Gasteiger charge is 2.21. The number of pyridine rings is 1. The van der Waals surface area contributed by atoms with Crippen molar-refractivity contribution < 1.29 is 14.0 Å². The highest BCUT2D eigenvalue weighted by Crippen LogP contribution is 2.26. The highest BCUT2D eigenvalue weighted by molar-refractivity contribution is 6.08. The molecule has 0 radical (unpaired) electrons. The Morgan fingerprint density at radius 2 is 1.79 bits per heavy atom. The lowest BCUT2D eigenvalue weighted by Crippen LogP contribution is -2.42. The van der Waals surface area contributed by atoms with E-state index in [2.05, 4.69) is 10.3 Å². The van der Waals surface area contributed by atoms with Gasteiger partial charge in [-0.15, -0.1) is 0 Å². The summed E-state index contributed by atoms with van der Waals surface area (Å²) >= 11 is 0. The van der Waals surface area contributed by atoms with Crippen molar-refractivity contribution in [3.8, 4) is 11.3 Å². The van der Waals surface area contributed by atoms with E-state index in [9.17, 15) is 14.0 Å². The van der Waals surface area contributed by atoms with Crippen LogP contribution in [0.4, 0.5) is 4.39 Å². The molecule has 2 amide bonds. The second-order valence-electron chi connectivity index (χ2n) is 7.12. The number of hydrogen-bond donors (Lipinski definition) is 1. The van der Waals surface area contributed by atoms with Gasteiger partial charge in [0, 0.05) is 23.5 Å². The number of rotatable bonds is 6. The summed E-state index contributed by atoms with van der Waals surface area (Å²) in [5.41, 5.74) is 2.43. The summed E-state index contributed by atoms with van der Waals surface area (Å²) in [4.78, 5) is 31.6. The van der Waals surface area contributed by atoms with Gasteiger partial charge in [0.2, 0.25) is 5.91 Å². The first-order chi connectivity index (χ1) is 13.9. The molecule has 0 aliphatic heterocycles. The fourth-order valence-corrected chi connectivity index (χ4v) is 3.16. The largest absolute Gasteiger partial charge is 0.352 e. The molecule has 0 saturated heterocycles. The van der Waals surface area contributed by atoms with Crippen LogP contribution < -0.4 is 5.32 Å². The maximum Gasteiger partial charge on any atom is 0.255 e. The maximum atomic E-state index is 13.3. The third-order valence-corrected chi connectivity index (χ3v) is 4.54. The summed E-state index contributed by atoms with van der Waals surface area (Å²) in [5, 5.41) is 3.53. The van der Waals surface area contributed by atoms with Gasteiger partial charge in [0.1, 0.15) is 5.82 Å². The van der Waals surface area contributed by atoms with Gasteiger partial charge in [0.05, 0.1) is 23.3 Å². The number of halogens is 1. The Bertz CT molecular complexity index is 1030. The first-order valence-corrected chi connectivity index (χ1v) is 9.63. The third-order valence-electron chi connectivity index (χ3n) is 4.54. The smallest absolute Gasteiger partial charge is 0.255 e. The fourth-order valence-electron chi connectivity index (χ4n) is 3.16. The molecule has 5 nitrogen and oxygen atoms in total. The van der Waals surface area contributed by atoms with Crippen LogP contribution in [0.3, 0.4) is 0 Å². The maximum absolute atomic E-state index is 13.3. The number of fused-ring (bicyclic) bond motifs is 1. The van der Waals surface area contributed by atoms with E-state index in [-0.39, 0.29) is 30.2 Å². The summed E-state index contributed by atoms with van der Waals surface area (Å²) in [6.07, 6.45) is 0. The van der Waals surface area contributed by atoms with Crippen LogP contribution >= 0.6 is 0 Å². The van der Waals surface area contributed by atoms with E-state index in [1.165, 1.54) is 17.0 Å². The standard InChI is InChI=1S/C23H24FN3O2/c1-4-27(14-22(28)25-15(2)3)23(29)19-13-21(16-9-11-17(24)12-10-16)26-20-8-6-5-7-18(19)20/h5-13,15H,4,14H2,1-3H3,(H,25,28). The van der Waals surface area contributed by atoms with Gasteiger partial charge in [-0.2, -0.15) is 0 Å². The van der Waals surface area contributed by atoms with Crippen LogP contribution in [0.25, 0.3) is 22.2 Å². The normalized spacial score (nSPS) is 10.9. The number of para-hydroxylation sites is 1.